The van der Waals surface area contributed by atoms with E-state index in [0.717, 1.165) is 42.1 Å². The minimum atomic E-state index is -4.06. The van der Waals surface area contributed by atoms with Crippen LogP contribution in [0.25, 0.3) is 0 Å². The molecule has 2 N–H and O–H groups in total. The van der Waals surface area contributed by atoms with E-state index < -0.39 is 32.9 Å². The van der Waals surface area contributed by atoms with Crippen molar-refractivity contribution < 1.29 is 27.5 Å². The summed E-state index contributed by atoms with van der Waals surface area (Å²) in [4.78, 5) is 23.7. The summed E-state index contributed by atoms with van der Waals surface area (Å²) in [5.74, 6) is -1.45. The Labute approximate surface area is 159 Å². The van der Waals surface area contributed by atoms with Crippen LogP contribution in [0.1, 0.15) is 62.4 Å². The molecule has 2 fully saturated rings. The number of carboxylic acids is 1. The summed E-state index contributed by atoms with van der Waals surface area (Å²) in [5.41, 5.74) is 0. The number of sulfonamides is 1. The van der Waals surface area contributed by atoms with E-state index in [1.165, 1.54) is 6.42 Å². The van der Waals surface area contributed by atoms with E-state index in [9.17, 15) is 18.0 Å². The van der Waals surface area contributed by atoms with Crippen molar-refractivity contribution in [1.29, 1.82) is 0 Å². The number of nitrogens with one attached hydrogen (secondary N) is 1. The number of aromatic carboxylic acids is 1. The van der Waals surface area contributed by atoms with Gasteiger partial charge in [0.2, 0.25) is 16.8 Å². The Bertz CT molecular complexity index is 803. The lowest BCUT2D eigenvalue weighted by molar-refractivity contribution is -0.125. The van der Waals surface area contributed by atoms with E-state index >= 15 is 0 Å². The van der Waals surface area contributed by atoms with Gasteiger partial charge in [-0.1, -0.05) is 26.2 Å². The Morgan fingerprint density at radius 3 is 2.70 bits per heavy atom. The third-order valence-corrected chi connectivity index (χ3v) is 7.35. The SMILES string of the molecule is CCC1CCCC(NC(=O)C2CCCN2S(=O)(=O)c2ccc(C(=O)O)o2)C1. The van der Waals surface area contributed by atoms with E-state index in [-0.39, 0.29) is 18.5 Å². The van der Waals surface area contributed by atoms with E-state index in [1.807, 2.05) is 0 Å². The van der Waals surface area contributed by atoms with Gasteiger partial charge < -0.3 is 14.8 Å². The first kappa shape index (κ1) is 19.9. The van der Waals surface area contributed by atoms with Crippen molar-refractivity contribution in [1.82, 2.24) is 9.62 Å². The van der Waals surface area contributed by atoms with E-state index in [1.54, 1.807) is 0 Å². The van der Waals surface area contributed by atoms with Crippen LogP contribution in [0, 0.1) is 5.92 Å². The number of rotatable bonds is 6. The highest BCUT2D eigenvalue weighted by molar-refractivity contribution is 7.89. The smallest absolute Gasteiger partial charge is 0.371 e. The topological polar surface area (TPSA) is 117 Å². The largest absolute Gasteiger partial charge is 0.475 e. The lowest BCUT2D eigenvalue weighted by Gasteiger charge is -2.31. The summed E-state index contributed by atoms with van der Waals surface area (Å²) in [6.45, 7) is 2.36. The molecule has 1 saturated carbocycles. The zero-order valence-corrected chi connectivity index (χ0v) is 16.2. The average molecular weight is 398 g/mol. The van der Waals surface area contributed by atoms with Crippen LogP contribution in [0.5, 0.6) is 0 Å². The zero-order chi connectivity index (χ0) is 19.6. The second kappa shape index (κ2) is 8.02. The fourth-order valence-electron chi connectivity index (χ4n) is 4.07. The number of amides is 1. The zero-order valence-electron chi connectivity index (χ0n) is 15.4. The van der Waals surface area contributed by atoms with E-state index in [0.29, 0.717) is 18.8 Å². The second-order valence-electron chi connectivity index (χ2n) is 7.34. The summed E-state index contributed by atoms with van der Waals surface area (Å²) in [7, 11) is -4.06. The van der Waals surface area contributed by atoms with Crippen LogP contribution in [-0.2, 0) is 14.8 Å². The molecule has 27 heavy (non-hydrogen) atoms. The van der Waals surface area contributed by atoms with Crippen molar-refractivity contribution in [2.24, 2.45) is 5.92 Å². The molecule has 2 heterocycles. The number of nitrogens with zero attached hydrogens (tertiary/aromatic N) is 1. The van der Waals surface area contributed by atoms with Gasteiger partial charge in [0.25, 0.3) is 10.0 Å². The number of furan rings is 1. The molecule has 0 aromatic carbocycles. The van der Waals surface area contributed by atoms with Gasteiger partial charge in [0.05, 0.1) is 0 Å². The Kier molecular flexibility index (Phi) is 5.90. The maximum absolute atomic E-state index is 12.8. The van der Waals surface area contributed by atoms with Crippen LogP contribution >= 0.6 is 0 Å². The molecule has 8 nitrogen and oxygen atoms in total. The van der Waals surface area contributed by atoms with Gasteiger partial charge in [-0.15, -0.1) is 0 Å². The minimum absolute atomic E-state index is 0.0866. The molecule has 1 amide bonds. The summed E-state index contributed by atoms with van der Waals surface area (Å²) >= 11 is 0. The third-order valence-electron chi connectivity index (χ3n) is 5.57. The Balaban J connectivity index is 1.72. The number of hydrogen-bond acceptors (Lipinski definition) is 5. The van der Waals surface area contributed by atoms with Gasteiger partial charge in [0.1, 0.15) is 6.04 Å². The average Bonchev–Trinajstić information content (AvgIpc) is 3.32. The first-order chi connectivity index (χ1) is 12.8. The molecular weight excluding hydrogens is 372 g/mol. The predicted octanol–water partition coefficient (Wildman–Crippen LogP) is 2.22. The Hall–Kier alpha value is -1.87. The highest BCUT2D eigenvalue weighted by atomic mass is 32.2. The number of carboxylic acid groups (broad SMARTS) is 1. The number of carbonyl (C=O) groups is 2. The molecule has 9 heteroatoms. The molecule has 2 aliphatic rings. The monoisotopic (exact) mass is 398 g/mol. The second-order valence-corrected chi connectivity index (χ2v) is 9.17. The number of hydrogen-bond donors (Lipinski definition) is 2. The van der Waals surface area contributed by atoms with E-state index in [4.69, 9.17) is 9.52 Å². The third kappa shape index (κ3) is 4.19. The maximum Gasteiger partial charge on any atom is 0.371 e. The standard InChI is InChI=1S/C18H26N2O6S/c1-2-12-5-3-6-13(11-12)19-17(21)14-7-4-10-20(14)27(24,25)16-9-8-15(26-16)18(22)23/h8-9,12-14H,2-7,10-11H2,1H3,(H,19,21)(H,22,23). The first-order valence-electron chi connectivity index (χ1n) is 9.48. The quantitative estimate of drug-likeness (QED) is 0.759. The molecule has 1 aliphatic heterocycles. The summed E-state index contributed by atoms with van der Waals surface area (Å²) in [6.07, 6.45) is 6.20. The molecule has 3 rings (SSSR count). The van der Waals surface area contributed by atoms with Crippen LogP contribution in [0.15, 0.2) is 21.6 Å². The van der Waals surface area contributed by atoms with Crippen molar-refractivity contribution in [3.05, 3.63) is 17.9 Å². The summed E-state index contributed by atoms with van der Waals surface area (Å²) in [6, 6.07) is 1.53. The molecule has 0 spiro atoms. The molecular formula is C18H26N2O6S. The van der Waals surface area contributed by atoms with Gasteiger partial charge in [-0.25, -0.2) is 13.2 Å². The van der Waals surface area contributed by atoms with Gasteiger partial charge in [0, 0.05) is 12.6 Å². The summed E-state index contributed by atoms with van der Waals surface area (Å²) in [5, 5.41) is 11.5. The molecule has 150 valence electrons. The first-order valence-corrected chi connectivity index (χ1v) is 10.9. The van der Waals surface area contributed by atoms with E-state index in [2.05, 4.69) is 12.2 Å². The lowest BCUT2D eigenvalue weighted by Crippen LogP contribution is -2.49. The molecule has 0 bridgehead atoms. The highest BCUT2D eigenvalue weighted by Gasteiger charge is 2.41. The molecule has 0 radical (unpaired) electrons. The van der Waals surface area contributed by atoms with Gasteiger partial charge in [-0.2, -0.15) is 4.31 Å². The van der Waals surface area contributed by atoms with Crippen molar-refractivity contribution in [2.45, 2.75) is 69.0 Å². The molecule has 3 atom stereocenters. The van der Waals surface area contributed by atoms with Crippen LogP contribution in [-0.4, -0.2) is 48.3 Å². The minimum Gasteiger partial charge on any atom is -0.475 e. The van der Waals surface area contributed by atoms with Crippen molar-refractivity contribution in [2.75, 3.05) is 6.54 Å². The Morgan fingerprint density at radius 1 is 1.26 bits per heavy atom. The van der Waals surface area contributed by atoms with Crippen LogP contribution in [0.2, 0.25) is 0 Å². The van der Waals surface area contributed by atoms with Gasteiger partial charge >= 0.3 is 5.97 Å². The van der Waals surface area contributed by atoms with Crippen molar-refractivity contribution in [3.8, 4) is 0 Å². The molecule has 3 unspecified atom stereocenters. The Morgan fingerprint density at radius 2 is 2.04 bits per heavy atom. The fraction of sp³-hybridized carbons (Fsp3) is 0.667. The van der Waals surface area contributed by atoms with Crippen LogP contribution in [0.3, 0.4) is 0 Å². The van der Waals surface area contributed by atoms with Crippen molar-refractivity contribution in [3.63, 3.8) is 0 Å². The normalized spacial score (nSPS) is 26.8. The molecule has 1 saturated heterocycles. The molecule has 1 aromatic heterocycles. The molecule has 1 aromatic rings. The van der Waals surface area contributed by atoms with Gasteiger partial charge in [0.15, 0.2) is 0 Å². The molecule has 1 aliphatic carbocycles. The maximum atomic E-state index is 12.8. The lowest BCUT2D eigenvalue weighted by atomic mass is 9.84. The summed E-state index contributed by atoms with van der Waals surface area (Å²) < 4.78 is 31.8. The van der Waals surface area contributed by atoms with Gasteiger partial charge in [-0.3, -0.25) is 4.79 Å². The van der Waals surface area contributed by atoms with Crippen LogP contribution in [0.4, 0.5) is 0 Å². The van der Waals surface area contributed by atoms with Gasteiger partial charge in [-0.05, 0) is 43.7 Å². The van der Waals surface area contributed by atoms with Crippen molar-refractivity contribution >= 4 is 21.9 Å². The van der Waals surface area contributed by atoms with Crippen LogP contribution < -0.4 is 5.32 Å². The highest BCUT2D eigenvalue weighted by Crippen LogP contribution is 2.29. The predicted molar refractivity (Wildman–Crippen MR) is 96.8 cm³/mol. The number of carbonyl (C=O) groups excluding carboxylic acids is 1. The fourth-order valence-corrected chi connectivity index (χ4v) is 5.64.